The van der Waals surface area contributed by atoms with Crippen LogP contribution in [0.4, 0.5) is 0 Å². The molecule has 0 saturated carbocycles. The van der Waals surface area contributed by atoms with Gasteiger partial charge in [0.15, 0.2) is 0 Å². The van der Waals surface area contributed by atoms with E-state index >= 15 is 0 Å². The predicted molar refractivity (Wildman–Crippen MR) is 52.9 cm³/mol. The Hall–Kier alpha value is -1.43. The molecule has 1 N–H and O–H groups in total. The minimum atomic E-state index is -0.921. The molecule has 0 spiro atoms. The Kier molecular flexibility index (Phi) is 2.20. The number of aromatic nitrogens is 3. The third-order valence-corrected chi connectivity index (χ3v) is 2.18. The van der Waals surface area contributed by atoms with E-state index in [4.69, 9.17) is 5.11 Å². The van der Waals surface area contributed by atoms with Gasteiger partial charge < -0.3 is 5.11 Å². The van der Waals surface area contributed by atoms with Crippen LogP contribution in [0.25, 0.3) is 11.0 Å². The highest BCUT2D eigenvalue weighted by molar-refractivity contribution is 9.10. The number of nitrogens with zero attached hydrogens (tertiary/aromatic N) is 3. The van der Waals surface area contributed by atoms with Crippen molar-refractivity contribution in [3.8, 4) is 0 Å². The maximum Gasteiger partial charge on any atom is 0.325 e. The molecule has 2 aromatic heterocycles. The summed E-state index contributed by atoms with van der Waals surface area (Å²) in [5.41, 5.74) is 1.40. The lowest BCUT2D eigenvalue weighted by molar-refractivity contribution is -0.137. The Morgan fingerprint density at radius 1 is 1.57 bits per heavy atom. The normalized spacial score (nSPS) is 10.6. The number of aliphatic carboxylic acids is 1. The van der Waals surface area contributed by atoms with Crippen LogP contribution in [-0.2, 0) is 11.3 Å². The SMILES string of the molecule is O=C(O)Cn1ncc2ncc(Br)cc21. The number of carbonyl (C=O) groups is 1. The van der Waals surface area contributed by atoms with Gasteiger partial charge in [0.2, 0.25) is 0 Å². The van der Waals surface area contributed by atoms with Crippen LogP contribution in [0, 0.1) is 0 Å². The van der Waals surface area contributed by atoms with Gasteiger partial charge in [0.1, 0.15) is 12.1 Å². The van der Waals surface area contributed by atoms with Crippen molar-refractivity contribution in [1.29, 1.82) is 0 Å². The van der Waals surface area contributed by atoms with Gasteiger partial charge in [-0.15, -0.1) is 0 Å². The number of rotatable bonds is 2. The molecule has 2 aromatic rings. The molecule has 0 amide bonds. The van der Waals surface area contributed by atoms with Gasteiger partial charge in [0.05, 0.1) is 11.7 Å². The molecule has 72 valence electrons. The zero-order valence-electron chi connectivity index (χ0n) is 7.01. The first-order valence-corrected chi connectivity index (χ1v) is 4.65. The molecule has 0 bridgehead atoms. The number of hydrogen-bond acceptors (Lipinski definition) is 3. The fourth-order valence-corrected chi connectivity index (χ4v) is 1.51. The number of hydrogen-bond donors (Lipinski definition) is 1. The molecule has 0 unspecified atom stereocenters. The smallest absolute Gasteiger partial charge is 0.325 e. The van der Waals surface area contributed by atoms with Gasteiger partial charge in [-0.05, 0) is 22.0 Å². The van der Waals surface area contributed by atoms with E-state index in [1.165, 1.54) is 4.68 Å². The first-order chi connectivity index (χ1) is 6.66. The zero-order chi connectivity index (χ0) is 10.1. The average Bonchev–Trinajstić information content (AvgIpc) is 2.47. The van der Waals surface area contributed by atoms with Crippen molar-refractivity contribution >= 4 is 32.9 Å². The molecule has 2 rings (SSSR count). The summed E-state index contributed by atoms with van der Waals surface area (Å²) in [6.07, 6.45) is 3.19. The summed E-state index contributed by atoms with van der Waals surface area (Å²) in [7, 11) is 0. The van der Waals surface area contributed by atoms with Crippen molar-refractivity contribution in [1.82, 2.24) is 14.8 Å². The maximum absolute atomic E-state index is 10.5. The van der Waals surface area contributed by atoms with E-state index in [1.54, 1.807) is 18.5 Å². The molecule has 0 radical (unpaired) electrons. The molecule has 6 heteroatoms. The molecule has 0 aromatic carbocycles. The van der Waals surface area contributed by atoms with Crippen molar-refractivity contribution < 1.29 is 9.90 Å². The van der Waals surface area contributed by atoms with Crippen molar-refractivity contribution in [2.24, 2.45) is 0 Å². The summed E-state index contributed by atoms with van der Waals surface area (Å²) in [5, 5.41) is 12.6. The quantitative estimate of drug-likeness (QED) is 0.878. The Balaban J connectivity index is 2.55. The van der Waals surface area contributed by atoms with E-state index in [0.717, 1.165) is 4.47 Å². The minimum Gasteiger partial charge on any atom is -0.480 e. The summed E-state index contributed by atoms with van der Waals surface area (Å²) >= 11 is 3.27. The van der Waals surface area contributed by atoms with Crippen LogP contribution in [0.2, 0.25) is 0 Å². The van der Waals surface area contributed by atoms with Crippen LogP contribution < -0.4 is 0 Å². The standard InChI is InChI=1S/C8H6BrN3O2/c9-5-1-7-6(10-2-5)3-11-12(7)4-8(13)14/h1-3H,4H2,(H,13,14). The molecule has 14 heavy (non-hydrogen) atoms. The molecule has 0 aliphatic heterocycles. The topological polar surface area (TPSA) is 68.0 Å². The van der Waals surface area contributed by atoms with E-state index in [2.05, 4.69) is 26.0 Å². The first-order valence-electron chi connectivity index (χ1n) is 3.85. The van der Waals surface area contributed by atoms with E-state index in [0.29, 0.717) is 11.0 Å². The molecule has 0 aliphatic carbocycles. The van der Waals surface area contributed by atoms with E-state index < -0.39 is 5.97 Å². The number of pyridine rings is 1. The van der Waals surface area contributed by atoms with Crippen molar-refractivity contribution in [2.45, 2.75) is 6.54 Å². The summed E-state index contributed by atoms with van der Waals surface area (Å²) in [6.45, 7) is -0.151. The second-order valence-corrected chi connectivity index (χ2v) is 3.67. The number of fused-ring (bicyclic) bond motifs is 1. The first kappa shape index (κ1) is 9.14. The van der Waals surface area contributed by atoms with Gasteiger partial charge in [0, 0.05) is 10.7 Å². The van der Waals surface area contributed by atoms with Crippen molar-refractivity contribution in [3.05, 3.63) is 22.9 Å². The van der Waals surface area contributed by atoms with Crippen molar-refractivity contribution in [3.63, 3.8) is 0 Å². The van der Waals surface area contributed by atoms with Crippen LogP contribution in [0.1, 0.15) is 0 Å². The fourth-order valence-electron chi connectivity index (χ4n) is 1.19. The largest absolute Gasteiger partial charge is 0.480 e. The van der Waals surface area contributed by atoms with Gasteiger partial charge in [-0.1, -0.05) is 0 Å². The summed E-state index contributed by atoms with van der Waals surface area (Å²) in [5.74, 6) is -0.921. The highest BCUT2D eigenvalue weighted by atomic mass is 79.9. The zero-order valence-corrected chi connectivity index (χ0v) is 8.60. The lowest BCUT2D eigenvalue weighted by Crippen LogP contribution is -2.09. The van der Waals surface area contributed by atoms with E-state index in [1.807, 2.05) is 0 Å². The third kappa shape index (κ3) is 1.60. The van der Waals surface area contributed by atoms with Crippen LogP contribution in [0.5, 0.6) is 0 Å². The summed E-state index contributed by atoms with van der Waals surface area (Å²) < 4.78 is 2.20. The van der Waals surface area contributed by atoms with Crippen LogP contribution in [0.3, 0.4) is 0 Å². The lowest BCUT2D eigenvalue weighted by Gasteiger charge is -1.98. The second-order valence-electron chi connectivity index (χ2n) is 2.75. The van der Waals surface area contributed by atoms with Gasteiger partial charge in [-0.25, -0.2) is 0 Å². The molecule has 2 heterocycles. The molecular weight excluding hydrogens is 250 g/mol. The Labute approximate surface area is 87.5 Å². The number of carboxylic acids is 1. The Morgan fingerprint density at radius 3 is 3.07 bits per heavy atom. The number of carboxylic acid groups (broad SMARTS) is 1. The second kappa shape index (κ2) is 3.38. The van der Waals surface area contributed by atoms with E-state index in [-0.39, 0.29) is 6.54 Å². The Morgan fingerprint density at radius 2 is 2.36 bits per heavy atom. The average molecular weight is 256 g/mol. The number of halogens is 1. The highest BCUT2D eigenvalue weighted by Crippen LogP contribution is 2.16. The molecule has 0 atom stereocenters. The molecule has 5 nitrogen and oxygen atoms in total. The van der Waals surface area contributed by atoms with Gasteiger partial charge >= 0.3 is 5.97 Å². The van der Waals surface area contributed by atoms with Gasteiger partial charge in [0.25, 0.3) is 0 Å². The lowest BCUT2D eigenvalue weighted by atomic mass is 10.4. The summed E-state index contributed by atoms with van der Waals surface area (Å²) in [4.78, 5) is 14.6. The van der Waals surface area contributed by atoms with Crippen LogP contribution in [-0.4, -0.2) is 25.8 Å². The fraction of sp³-hybridized carbons (Fsp3) is 0.125. The van der Waals surface area contributed by atoms with Crippen molar-refractivity contribution in [2.75, 3.05) is 0 Å². The third-order valence-electron chi connectivity index (χ3n) is 1.75. The molecule has 0 fully saturated rings. The Bertz CT molecular complexity index is 494. The molecule has 0 aliphatic rings. The maximum atomic E-state index is 10.5. The van der Waals surface area contributed by atoms with Crippen LogP contribution in [0.15, 0.2) is 22.9 Å². The molecular formula is C8H6BrN3O2. The highest BCUT2D eigenvalue weighted by Gasteiger charge is 2.06. The van der Waals surface area contributed by atoms with Crippen LogP contribution >= 0.6 is 15.9 Å². The van der Waals surface area contributed by atoms with Gasteiger partial charge in [-0.2, -0.15) is 5.10 Å². The van der Waals surface area contributed by atoms with E-state index in [9.17, 15) is 4.79 Å². The summed E-state index contributed by atoms with van der Waals surface area (Å²) in [6, 6.07) is 1.79. The van der Waals surface area contributed by atoms with Gasteiger partial charge in [-0.3, -0.25) is 14.5 Å². The predicted octanol–water partition coefficient (Wildman–Crippen LogP) is 1.28. The minimum absolute atomic E-state index is 0.151. The molecule has 0 saturated heterocycles. The monoisotopic (exact) mass is 255 g/mol.